The van der Waals surface area contributed by atoms with Crippen molar-refractivity contribution in [3.8, 4) is 5.75 Å². The minimum atomic E-state index is -3.28. The highest BCUT2D eigenvalue weighted by Gasteiger charge is 2.12. The maximum Gasteiger partial charge on any atom is 0.226 e. The smallest absolute Gasteiger partial charge is 0.226 e. The molecule has 6 nitrogen and oxygen atoms in total. The van der Waals surface area contributed by atoms with Crippen LogP contribution in [0.25, 0.3) is 10.2 Å². The lowest BCUT2D eigenvalue weighted by Gasteiger charge is -2.11. The Labute approximate surface area is 188 Å². The van der Waals surface area contributed by atoms with Crippen molar-refractivity contribution in [2.75, 3.05) is 18.2 Å². The standard InChI is InChI=1S/C21H23BrN2O4S2/c1-13(2)14-6-9-18(16(22)11-14)28-10-4-5-20(25)24-21-23-17-8-7-15(30(3,26)27)12-19(17)29-21/h6-9,11-13H,4-5,10H2,1-3H3,(H,23,24,25). The number of nitrogens with zero attached hydrogens (tertiary/aromatic N) is 1. The van der Waals surface area contributed by atoms with Crippen molar-refractivity contribution in [3.05, 3.63) is 46.4 Å². The van der Waals surface area contributed by atoms with Crippen LogP contribution in [-0.4, -0.2) is 32.2 Å². The Hall–Kier alpha value is -1.97. The Kier molecular flexibility index (Phi) is 7.15. The van der Waals surface area contributed by atoms with E-state index >= 15 is 0 Å². The van der Waals surface area contributed by atoms with E-state index in [0.29, 0.717) is 40.7 Å². The van der Waals surface area contributed by atoms with Gasteiger partial charge in [-0.2, -0.15) is 0 Å². The van der Waals surface area contributed by atoms with Crippen molar-refractivity contribution >= 4 is 58.4 Å². The molecule has 0 aliphatic heterocycles. The average molecular weight is 511 g/mol. The predicted octanol–water partition coefficient (Wildman–Crippen LogP) is 5.38. The monoisotopic (exact) mass is 510 g/mol. The number of sulfone groups is 1. The first-order valence-corrected chi connectivity index (χ1v) is 13.0. The molecule has 0 aliphatic carbocycles. The fraction of sp³-hybridized carbons (Fsp3) is 0.333. The molecule has 1 heterocycles. The van der Waals surface area contributed by atoms with Crippen LogP contribution >= 0.6 is 27.3 Å². The highest BCUT2D eigenvalue weighted by Crippen LogP contribution is 2.30. The first-order valence-electron chi connectivity index (χ1n) is 9.46. The Morgan fingerprint density at radius 3 is 2.67 bits per heavy atom. The quantitative estimate of drug-likeness (QED) is 0.411. The highest BCUT2D eigenvalue weighted by molar-refractivity contribution is 9.10. The SMILES string of the molecule is CC(C)c1ccc(OCCCC(=O)Nc2nc3ccc(S(C)(=O)=O)cc3s2)c(Br)c1. The van der Waals surface area contributed by atoms with Crippen molar-refractivity contribution in [1.82, 2.24) is 4.98 Å². The molecule has 0 spiro atoms. The van der Waals surface area contributed by atoms with Crippen LogP contribution in [0.3, 0.4) is 0 Å². The van der Waals surface area contributed by atoms with Crippen molar-refractivity contribution in [2.45, 2.75) is 37.5 Å². The number of benzene rings is 2. The number of amides is 1. The molecule has 0 saturated carbocycles. The third kappa shape index (κ3) is 5.80. The van der Waals surface area contributed by atoms with Crippen molar-refractivity contribution in [3.63, 3.8) is 0 Å². The van der Waals surface area contributed by atoms with Gasteiger partial charge in [-0.15, -0.1) is 0 Å². The Morgan fingerprint density at radius 2 is 2.00 bits per heavy atom. The van der Waals surface area contributed by atoms with E-state index in [4.69, 9.17) is 4.74 Å². The third-order valence-corrected chi connectivity index (χ3v) is 7.13. The molecule has 160 valence electrons. The largest absolute Gasteiger partial charge is 0.492 e. The summed E-state index contributed by atoms with van der Waals surface area (Å²) in [6, 6.07) is 10.8. The second-order valence-corrected chi connectivity index (χ2v) is 11.2. The van der Waals surface area contributed by atoms with E-state index in [0.717, 1.165) is 16.5 Å². The van der Waals surface area contributed by atoms with Crippen LogP contribution in [-0.2, 0) is 14.6 Å². The molecule has 3 aromatic rings. The van der Waals surface area contributed by atoms with Crippen LogP contribution in [0.15, 0.2) is 45.8 Å². The molecule has 1 N–H and O–H groups in total. The van der Waals surface area contributed by atoms with Crippen LogP contribution in [0.2, 0.25) is 0 Å². The maximum atomic E-state index is 12.2. The molecule has 30 heavy (non-hydrogen) atoms. The second-order valence-electron chi connectivity index (χ2n) is 7.27. The van der Waals surface area contributed by atoms with E-state index in [1.165, 1.54) is 23.0 Å². The van der Waals surface area contributed by atoms with Crippen LogP contribution in [0.5, 0.6) is 5.75 Å². The molecule has 3 rings (SSSR count). The lowest BCUT2D eigenvalue weighted by molar-refractivity contribution is -0.116. The maximum absolute atomic E-state index is 12.2. The van der Waals surface area contributed by atoms with Crippen molar-refractivity contribution < 1.29 is 17.9 Å². The van der Waals surface area contributed by atoms with Gasteiger partial charge in [0.1, 0.15) is 5.75 Å². The van der Waals surface area contributed by atoms with E-state index < -0.39 is 9.84 Å². The summed E-state index contributed by atoms with van der Waals surface area (Å²) >= 11 is 4.78. The third-order valence-electron chi connectivity index (χ3n) is 4.46. The normalized spacial score (nSPS) is 11.8. The molecule has 0 bridgehead atoms. The first-order chi connectivity index (χ1) is 14.1. The van der Waals surface area contributed by atoms with Gasteiger partial charge in [0.2, 0.25) is 5.91 Å². The zero-order valence-corrected chi connectivity index (χ0v) is 20.2. The van der Waals surface area contributed by atoms with Gasteiger partial charge in [0, 0.05) is 12.7 Å². The minimum Gasteiger partial charge on any atom is -0.492 e. The van der Waals surface area contributed by atoms with Gasteiger partial charge < -0.3 is 10.1 Å². The molecule has 0 radical (unpaired) electrons. The van der Waals surface area contributed by atoms with Gasteiger partial charge in [-0.05, 0) is 64.2 Å². The molecule has 0 saturated heterocycles. The lowest BCUT2D eigenvalue weighted by Crippen LogP contribution is -2.12. The molecule has 2 aromatic carbocycles. The number of thiazole rings is 1. The molecule has 9 heteroatoms. The number of rotatable bonds is 8. The summed E-state index contributed by atoms with van der Waals surface area (Å²) in [7, 11) is -3.28. The molecule has 0 unspecified atom stereocenters. The number of nitrogens with one attached hydrogen (secondary N) is 1. The van der Waals surface area contributed by atoms with Gasteiger partial charge in [-0.25, -0.2) is 13.4 Å². The van der Waals surface area contributed by atoms with Gasteiger partial charge in [0.15, 0.2) is 15.0 Å². The number of halogens is 1. The van der Waals surface area contributed by atoms with Crippen LogP contribution in [0, 0.1) is 0 Å². The molecular weight excluding hydrogens is 488 g/mol. The van der Waals surface area contributed by atoms with Gasteiger partial charge in [0.05, 0.1) is 26.2 Å². The number of carbonyl (C=O) groups is 1. The van der Waals surface area contributed by atoms with Crippen molar-refractivity contribution in [1.29, 1.82) is 0 Å². The summed E-state index contributed by atoms with van der Waals surface area (Å²) in [5.74, 6) is 1.04. The summed E-state index contributed by atoms with van der Waals surface area (Å²) in [5, 5.41) is 3.23. The topological polar surface area (TPSA) is 85.4 Å². The zero-order valence-electron chi connectivity index (χ0n) is 16.9. The number of fused-ring (bicyclic) bond motifs is 1. The molecule has 1 amide bonds. The number of carbonyl (C=O) groups excluding carboxylic acids is 1. The molecule has 0 fully saturated rings. The Bertz CT molecular complexity index is 1170. The van der Waals surface area contributed by atoms with Gasteiger partial charge >= 0.3 is 0 Å². The molecular formula is C21H23BrN2O4S2. The van der Waals surface area contributed by atoms with Crippen molar-refractivity contribution in [2.24, 2.45) is 0 Å². The van der Waals surface area contributed by atoms with Gasteiger partial charge in [-0.1, -0.05) is 31.3 Å². The zero-order chi connectivity index (χ0) is 21.9. The Morgan fingerprint density at radius 1 is 1.23 bits per heavy atom. The van der Waals surface area contributed by atoms with Crippen LogP contribution < -0.4 is 10.1 Å². The van der Waals surface area contributed by atoms with E-state index in [2.05, 4.69) is 46.1 Å². The molecule has 0 atom stereocenters. The Balaban J connectivity index is 1.51. The number of anilines is 1. The molecule has 1 aromatic heterocycles. The molecule has 0 aliphatic rings. The summed E-state index contributed by atoms with van der Waals surface area (Å²) in [6.45, 7) is 4.69. The van der Waals surface area contributed by atoms with E-state index in [-0.39, 0.29) is 10.8 Å². The number of ether oxygens (including phenoxy) is 1. The second kappa shape index (κ2) is 9.45. The fourth-order valence-electron chi connectivity index (χ4n) is 2.78. The first kappa shape index (κ1) is 22.7. The number of aromatic nitrogens is 1. The number of hydrogen-bond acceptors (Lipinski definition) is 6. The summed E-state index contributed by atoms with van der Waals surface area (Å²) in [6.07, 6.45) is 2.02. The van der Waals surface area contributed by atoms with Crippen LogP contribution in [0.1, 0.15) is 38.2 Å². The van der Waals surface area contributed by atoms with Gasteiger partial charge in [-0.3, -0.25) is 4.79 Å². The lowest BCUT2D eigenvalue weighted by atomic mass is 10.0. The minimum absolute atomic E-state index is 0.157. The number of hydrogen-bond donors (Lipinski definition) is 1. The summed E-state index contributed by atoms with van der Waals surface area (Å²) in [4.78, 5) is 16.8. The average Bonchev–Trinajstić information content (AvgIpc) is 3.06. The predicted molar refractivity (Wildman–Crippen MR) is 124 cm³/mol. The highest BCUT2D eigenvalue weighted by atomic mass is 79.9. The summed E-state index contributed by atoms with van der Waals surface area (Å²) < 4.78 is 30.7. The van der Waals surface area contributed by atoms with Gasteiger partial charge in [0.25, 0.3) is 0 Å². The summed E-state index contributed by atoms with van der Waals surface area (Å²) in [5.41, 5.74) is 1.88. The van der Waals surface area contributed by atoms with E-state index in [1.54, 1.807) is 12.1 Å². The van der Waals surface area contributed by atoms with E-state index in [9.17, 15) is 13.2 Å². The van der Waals surface area contributed by atoms with E-state index in [1.807, 2.05) is 12.1 Å². The fourth-order valence-corrected chi connectivity index (χ4v) is 4.93. The van der Waals surface area contributed by atoms with Crippen LogP contribution in [0.4, 0.5) is 5.13 Å².